The summed E-state index contributed by atoms with van der Waals surface area (Å²) in [7, 11) is 0. The molecule has 21 heavy (non-hydrogen) atoms. The van der Waals surface area contributed by atoms with Crippen LogP contribution in [0.25, 0.3) is 0 Å². The van der Waals surface area contributed by atoms with E-state index >= 15 is 0 Å². The van der Waals surface area contributed by atoms with Crippen LogP contribution in [0.1, 0.15) is 66.8 Å². The van der Waals surface area contributed by atoms with E-state index in [4.69, 9.17) is 0 Å². The van der Waals surface area contributed by atoms with Crippen molar-refractivity contribution in [3.63, 3.8) is 0 Å². The van der Waals surface area contributed by atoms with Gasteiger partial charge in [0, 0.05) is 17.0 Å². The number of aryl methyl sites for hydroxylation is 2. The van der Waals surface area contributed by atoms with Crippen LogP contribution in [0.4, 0.5) is 0 Å². The van der Waals surface area contributed by atoms with Crippen LogP contribution in [0.3, 0.4) is 0 Å². The largest absolute Gasteiger partial charge is 0.303 e. The van der Waals surface area contributed by atoms with Crippen molar-refractivity contribution in [2.75, 3.05) is 0 Å². The molecule has 2 atom stereocenters. The van der Waals surface area contributed by atoms with Crippen molar-refractivity contribution in [2.24, 2.45) is 0 Å². The Balaban J connectivity index is 1.76. The quantitative estimate of drug-likeness (QED) is 0.776. The summed E-state index contributed by atoms with van der Waals surface area (Å²) in [5, 5.41) is 6.16. The second-order valence-electron chi connectivity index (χ2n) is 5.97. The maximum absolute atomic E-state index is 3.91. The molecule has 3 rings (SSSR count). The minimum atomic E-state index is 0.465. The molecule has 0 fully saturated rings. The van der Waals surface area contributed by atoms with E-state index in [2.05, 4.69) is 54.9 Å². The summed E-state index contributed by atoms with van der Waals surface area (Å²) >= 11 is 1.92. The molecular formula is C19H25NS. The summed E-state index contributed by atoms with van der Waals surface area (Å²) in [5.41, 5.74) is 4.40. The molecule has 0 saturated carbocycles. The van der Waals surface area contributed by atoms with Gasteiger partial charge in [0.05, 0.1) is 0 Å². The third-order valence-corrected chi connectivity index (χ3v) is 5.65. The van der Waals surface area contributed by atoms with Crippen molar-refractivity contribution in [1.82, 2.24) is 5.32 Å². The Morgan fingerprint density at radius 3 is 2.71 bits per heavy atom. The first kappa shape index (κ1) is 14.8. The molecule has 0 spiro atoms. The van der Waals surface area contributed by atoms with Crippen molar-refractivity contribution in [3.05, 3.63) is 57.3 Å². The maximum atomic E-state index is 3.91. The van der Waals surface area contributed by atoms with Gasteiger partial charge < -0.3 is 5.32 Å². The smallest absolute Gasteiger partial charge is 0.0336 e. The summed E-state index contributed by atoms with van der Waals surface area (Å²) in [5.74, 6) is 0. The highest BCUT2D eigenvalue weighted by atomic mass is 32.1. The molecule has 112 valence electrons. The van der Waals surface area contributed by atoms with Gasteiger partial charge in [-0.3, -0.25) is 0 Å². The van der Waals surface area contributed by atoms with Gasteiger partial charge in [0.1, 0.15) is 0 Å². The fraction of sp³-hybridized carbons (Fsp3) is 0.474. The number of rotatable bonds is 5. The van der Waals surface area contributed by atoms with Gasteiger partial charge in [0.15, 0.2) is 0 Å². The van der Waals surface area contributed by atoms with E-state index in [0.717, 1.165) is 12.8 Å². The van der Waals surface area contributed by atoms with Gasteiger partial charge >= 0.3 is 0 Å². The van der Waals surface area contributed by atoms with Crippen LogP contribution in [-0.4, -0.2) is 0 Å². The third kappa shape index (κ3) is 3.22. The van der Waals surface area contributed by atoms with Crippen LogP contribution < -0.4 is 5.32 Å². The van der Waals surface area contributed by atoms with E-state index in [9.17, 15) is 0 Å². The van der Waals surface area contributed by atoms with E-state index in [-0.39, 0.29) is 0 Å². The van der Waals surface area contributed by atoms with Crippen LogP contribution in [-0.2, 0) is 12.8 Å². The van der Waals surface area contributed by atoms with Crippen LogP contribution in [0, 0.1) is 0 Å². The SMILES string of the molecule is CCc1ccc(C(CC)NC2CCCc3sccc32)cc1. The van der Waals surface area contributed by atoms with E-state index in [1.165, 1.54) is 30.4 Å². The predicted octanol–water partition coefficient (Wildman–Crippen LogP) is 5.43. The van der Waals surface area contributed by atoms with Gasteiger partial charge in [0.25, 0.3) is 0 Å². The van der Waals surface area contributed by atoms with Crippen molar-refractivity contribution >= 4 is 11.3 Å². The molecule has 1 heterocycles. The van der Waals surface area contributed by atoms with Gasteiger partial charge in [-0.2, -0.15) is 0 Å². The van der Waals surface area contributed by atoms with Crippen LogP contribution in [0.5, 0.6) is 0 Å². The van der Waals surface area contributed by atoms with E-state index in [0.29, 0.717) is 12.1 Å². The second-order valence-corrected chi connectivity index (χ2v) is 6.97. The molecule has 0 bridgehead atoms. The highest BCUT2D eigenvalue weighted by molar-refractivity contribution is 7.10. The molecule has 1 aromatic heterocycles. The highest BCUT2D eigenvalue weighted by Crippen LogP contribution is 2.35. The molecule has 0 radical (unpaired) electrons. The lowest BCUT2D eigenvalue weighted by Gasteiger charge is -2.29. The zero-order chi connectivity index (χ0) is 14.7. The molecule has 0 amide bonds. The number of hydrogen-bond acceptors (Lipinski definition) is 2. The minimum absolute atomic E-state index is 0.465. The summed E-state index contributed by atoms with van der Waals surface area (Å²) in [4.78, 5) is 1.59. The van der Waals surface area contributed by atoms with Crippen LogP contribution in [0.2, 0.25) is 0 Å². The molecule has 1 nitrogen and oxygen atoms in total. The van der Waals surface area contributed by atoms with Gasteiger partial charge in [-0.1, -0.05) is 38.1 Å². The molecule has 0 saturated heterocycles. The number of nitrogens with one attached hydrogen (secondary N) is 1. The maximum Gasteiger partial charge on any atom is 0.0336 e. The molecule has 2 heteroatoms. The predicted molar refractivity (Wildman–Crippen MR) is 92.0 cm³/mol. The number of hydrogen-bond donors (Lipinski definition) is 1. The minimum Gasteiger partial charge on any atom is -0.303 e. The summed E-state index contributed by atoms with van der Waals surface area (Å²) in [6.45, 7) is 4.49. The van der Waals surface area contributed by atoms with Crippen LogP contribution in [0.15, 0.2) is 35.7 Å². The van der Waals surface area contributed by atoms with Gasteiger partial charge in [-0.25, -0.2) is 0 Å². The zero-order valence-electron chi connectivity index (χ0n) is 13.1. The Morgan fingerprint density at radius 2 is 2.00 bits per heavy atom. The molecule has 2 aromatic rings. The van der Waals surface area contributed by atoms with Gasteiger partial charge in [-0.05, 0) is 60.2 Å². The average molecular weight is 299 g/mol. The van der Waals surface area contributed by atoms with Gasteiger partial charge in [-0.15, -0.1) is 11.3 Å². The first-order valence-corrected chi connectivity index (χ1v) is 9.11. The third-order valence-electron chi connectivity index (χ3n) is 4.65. The van der Waals surface area contributed by atoms with E-state index < -0.39 is 0 Å². The lowest BCUT2D eigenvalue weighted by Crippen LogP contribution is -2.28. The Morgan fingerprint density at radius 1 is 1.19 bits per heavy atom. The van der Waals surface area contributed by atoms with Gasteiger partial charge in [0.2, 0.25) is 0 Å². The lowest BCUT2D eigenvalue weighted by molar-refractivity contribution is 0.395. The molecule has 1 aromatic carbocycles. The van der Waals surface area contributed by atoms with E-state index in [1.54, 1.807) is 10.4 Å². The Hall–Kier alpha value is -1.12. The standard InChI is InChI=1S/C19H25NS/c1-3-14-8-10-15(11-9-14)17(4-2)20-18-6-5-7-19-16(18)12-13-21-19/h8-13,17-18,20H,3-7H2,1-2H3. The molecular weight excluding hydrogens is 274 g/mol. The van der Waals surface area contributed by atoms with Crippen LogP contribution >= 0.6 is 11.3 Å². The number of thiophene rings is 1. The highest BCUT2D eigenvalue weighted by Gasteiger charge is 2.23. The number of fused-ring (bicyclic) bond motifs is 1. The van der Waals surface area contributed by atoms with Crippen molar-refractivity contribution < 1.29 is 0 Å². The Kier molecular flexibility index (Phi) is 4.77. The summed E-state index contributed by atoms with van der Waals surface area (Å²) in [6, 6.07) is 12.5. The molecule has 0 aliphatic heterocycles. The lowest BCUT2D eigenvalue weighted by atomic mass is 9.92. The monoisotopic (exact) mass is 299 g/mol. The molecule has 2 unspecified atom stereocenters. The molecule has 1 aliphatic rings. The fourth-order valence-electron chi connectivity index (χ4n) is 3.34. The number of benzene rings is 1. The van der Waals surface area contributed by atoms with E-state index in [1.807, 2.05) is 11.3 Å². The topological polar surface area (TPSA) is 12.0 Å². The molecule has 1 aliphatic carbocycles. The first-order chi connectivity index (χ1) is 10.3. The Labute approximate surface area is 132 Å². The summed E-state index contributed by atoms with van der Waals surface area (Å²) in [6.07, 6.45) is 6.11. The summed E-state index contributed by atoms with van der Waals surface area (Å²) < 4.78 is 0. The first-order valence-electron chi connectivity index (χ1n) is 8.23. The zero-order valence-corrected chi connectivity index (χ0v) is 13.9. The van der Waals surface area contributed by atoms with Crippen molar-refractivity contribution in [1.29, 1.82) is 0 Å². The van der Waals surface area contributed by atoms with Crippen molar-refractivity contribution in [3.8, 4) is 0 Å². The normalized spacial score (nSPS) is 19.2. The Bertz CT molecular complexity index is 570. The second kappa shape index (κ2) is 6.76. The van der Waals surface area contributed by atoms with Crippen molar-refractivity contribution in [2.45, 2.75) is 58.0 Å². The fourth-order valence-corrected chi connectivity index (χ4v) is 4.33. The average Bonchev–Trinajstić information content (AvgIpc) is 3.02. The molecule has 1 N–H and O–H groups in total.